The molecule has 1 aromatic rings. The molecule has 2 amide bonds. The lowest BCUT2D eigenvalue weighted by Gasteiger charge is -2.31. The molecular formula is C42H56N6O6. The van der Waals surface area contributed by atoms with Crippen LogP contribution in [-0.2, 0) is 50.1 Å². The van der Waals surface area contributed by atoms with Gasteiger partial charge in [-0.1, -0.05) is 39.8 Å². The summed E-state index contributed by atoms with van der Waals surface area (Å²) in [5.41, 5.74) is 9.83. The Balaban J connectivity index is 0.927. The summed E-state index contributed by atoms with van der Waals surface area (Å²) in [6.45, 7) is 12.1. The number of esters is 1. The minimum atomic E-state index is -0.529. The highest BCUT2D eigenvalue weighted by atomic mass is 16.5. The number of amides is 2. The van der Waals surface area contributed by atoms with Crippen LogP contribution in [-0.4, -0.2) is 98.6 Å². The minimum Gasteiger partial charge on any atom is -0.469 e. The number of allylic oxidation sites excluding steroid dienone is 2. The van der Waals surface area contributed by atoms with Crippen molar-refractivity contribution in [3.8, 4) is 0 Å². The first-order chi connectivity index (χ1) is 25.9. The minimum absolute atomic E-state index is 0.00147. The molecule has 12 heteroatoms. The van der Waals surface area contributed by atoms with E-state index >= 15 is 0 Å². The second kappa shape index (κ2) is 15.8. The number of ketones is 1. The lowest BCUT2D eigenvalue weighted by molar-refractivity contribution is -0.148. The predicted octanol–water partition coefficient (Wildman–Crippen LogP) is 4.73. The Morgan fingerprint density at radius 3 is 1.54 bits per heavy atom. The smallest absolute Gasteiger partial charge is 0.306 e. The van der Waals surface area contributed by atoms with Gasteiger partial charge in [0.2, 0.25) is 11.8 Å². The number of hydrogen-bond donors (Lipinski definition) is 1. The standard InChI is InChI=1S/C42H56N6O6/c1-25(2)34(16-33(50)24-49)41(52)47-10-6-8-38(47)36-14-31(18-43-36)45-20-27-12-29-22-46(23-30(29)13-28(27)21-45)32-15-37(44-19-32)39-9-7-11-48(39)42(53)35(26(3)4)17-40(51)54-5/h12-13,18-19,25-26,34-35,38-39,49H,6-11,14-17,20-24H2,1-5H3. The van der Waals surface area contributed by atoms with Gasteiger partial charge in [0.05, 0.1) is 31.5 Å². The first kappa shape index (κ1) is 38.0. The second-order valence-corrected chi connectivity index (χ2v) is 16.7. The van der Waals surface area contributed by atoms with Gasteiger partial charge in [-0.3, -0.25) is 29.2 Å². The molecule has 1 aromatic carbocycles. The summed E-state index contributed by atoms with van der Waals surface area (Å²) in [7, 11) is 1.37. The van der Waals surface area contributed by atoms with Crippen LogP contribution in [0.3, 0.4) is 0 Å². The van der Waals surface area contributed by atoms with Crippen LogP contribution in [0.1, 0.15) is 101 Å². The van der Waals surface area contributed by atoms with Crippen molar-refractivity contribution in [1.82, 2.24) is 19.6 Å². The number of aliphatic hydroxyl groups excluding tert-OH is 1. The van der Waals surface area contributed by atoms with E-state index in [1.807, 2.05) is 49.9 Å². The number of ether oxygens (including phenoxy) is 1. The summed E-state index contributed by atoms with van der Waals surface area (Å²) < 4.78 is 4.90. The molecule has 6 heterocycles. The lowest BCUT2D eigenvalue weighted by Crippen LogP contribution is -2.45. The van der Waals surface area contributed by atoms with Crippen LogP contribution in [0.4, 0.5) is 0 Å². The number of benzene rings is 1. The number of Topliss-reactive ketones (excluding diaryl/α,β-unsaturated/α-hetero) is 1. The van der Waals surface area contributed by atoms with Gasteiger partial charge in [0, 0.05) is 99.7 Å². The van der Waals surface area contributed by atoms with E-state index in [4.69, 9.17) is 14.7 Å². The van der Waals surface area contributed by atoms with Gasteiger partial charge in [0.25, 0.3) is 0 Å². The lowest BCUT2D eigenvalue weighted by atomic mass is 9.89. The molecule has 4 unspecified atom stereocenters. The summed E-state index contributed by atoms with van der Waals surface area (Å²) in [6, 6.07) is 4.67. The Morgan fingerprint density at radius 1 is 0.722 bits per heavy atom. The number of likely N-dealkylation sites (tertiary alicyclic amines) is 2. The van der Waals surface area contributed by atoms with Crippen LogP contribution in [0, 0.1) is 23.7 Å². The van der Waals surface area contributed by atoms with E-state index in [-0.39, 0.29) is 60.3 Å². The maximum Gasteiger partial charge on any atom is 0.306 e. The van der Waals surface area contributed by atoms with Crippen molar-refractivity contribution < 1.29 is 29.0 Å². The van der Waals surface area contributed by atoms with Gasteiger partial charge < -0.3 is 29.4 Å². The molecule has 54 heavy (non-hydrogen) atoms. The fraction of sp³-hybridized carbons (Fsp3) is 0.619. The molecule has 0 aromatic heterocycles. The third kappa shape index (κ3) is 7.50. The van der Waals surface area contributed by atoms with Gasteiger partial charge >= 0.3 is 5.97 Å². The van der Waals surface area contributed by atoms with Crippen LogP contribution in [0.15, 0.2) is 45.9 Å². The molecule has 6 aliphatic heterocycles. The largest absolute Gasteiger partial charge is 0.469 e. The van der Waals surface area contributed by atoms with Crippen LogP contribution >= 0.6 is 0 Å². The van der Waals surface area contributed by atoms with E-state index in [0.29, 0.717) is 13.1 Å². The van der Waals surface area contributed by atoms with Gasteiger partial charge in [0.1, 0.15) is 6.61 Å². The molecule has 0 spiro atoms. The number of methoxy groups -OCH3 is 1. The number of rotatable bonds is 13. The molecular weight excluding hydrogens is 684 g/mol. The quantitative estimate of drug-likeness (QED) is 0.287. The highest BCUT2D eigenvalue weighted by Gasteiger charge is 2.41. The van der Waals surface area contributed by atoms with E-state index in [1.165, 1.54) is 40.8 Å². The average molecular weight is 741 g/mol. The number of carbonyl (C=O) groups excluding carboxylic acids is 4. The zero-order chi connectivity index (χ0) is 38.3. The highest BCUT2D eigenvalue weighted by molar-refractivity contribution is 5.98. The number of hydrogen-bond acceptors (Lipinski definition) is 10. The average Bonchev–Trinajstić information content (AvgIpc) is 4.00. The summed E-state index contributed by atoms with van der Waals surface area (Å²) in [5.74, 6) is -1.39. The Bertz CT molecular complexity index is 1650. The molecule has 0 bridgehead atoms. The Hall–Kier alpha value is -4.32. The summed E-state index contributed by atoms with van der Waals surface area (Å²) in [5, 5.41) is 9.32. The molecule has 1 N–H and O–H groups in total. The van der Waals surface area contributed by atoms with Crippen molar-refractivity contribution in [3.05, 3.63) is 58.2 Å². The fourth-order valence-corrected chi connectivity index (χ4v) is 9.35. The van der Waals surface area contributed by atoms with E-state index < -0.39 is 18.4 Å². The fourth-order valence-electron chi connectivity index (χ4n) is 9.35. The van der Waals surface area contributed by atoms with Crippen molar-refractivity contribution in [2.75, 3.05) is 26.8 Å². The molecule has 4 atom stereocenters. The van der Waals surface area contributed by atoms with Crippen LogP contribution in [0.25, 0.3) is 0 Å². The highest BCUT2D eigenvalue weighted by Crippen LogP contribution is 2.38. The third-order valence-corrected chi connectivity index (χ3v) is 12.6. The van der Waals surface area contributed by atoms with E-state index in [0.717, 1.165) is 76.1 Å². The monoisotopic (exact) mass is 740 g/mol. The molecule has 0 radical (unpaired) electrons. The predicted molar refractivity (Wildman–Crippen MR) is 205 cm³/mol. The maximum atomic E-state index is 13.7. The van der Waals surface area contributed by atoms with Crippen molar-refractivity contribution in [1.29, 1.82) is 0 Å². The number of aliphatic hydroxyl groups is 1. The van der Waals surface area contributed by atoms with E-state index in [2.05, 4.69) is 21.9 Å². The molecule has 12 nitrogen and oxygen atoms in total. The molecule has 2 fully saturated rings. The zero-order valence-electron chi connectivity index (χ0n) is 32.6. The molecule has 290 valence electrons. The summed E-state index contributed by atoms with van der Waals surface area (Å²) >= 11 is 0. The normalized spacial score (nSPS) is 23.1. The van der Waals surface area contributed by atoms with Crippen LogP contribution < -0.4 is 0 Å². The van der Waals surface area contributed by atoms with Crippen LogP contribution in [0.5, 0.6) is 0 Å². The van der Waals surface area contributed by atoms with Crippen molar-refractivity contribution in [3.63, 3.8) is 0 Å². The molecule has 6 aliphatic rings. The number of fused-ring (bicyclic) bond motifs is 2. The Labute approximate surface area is 319 Å². The van der Waals surface area contributed by atoms with Gasteiger partial charge in [-0.2, -0.15) is 0 Å². The molecule has 0 aliphatic carbocycles. The van der Waals surface area contributed by atoms with Gasteiger partial charge in [-0.15, -0.1) is 0 Å². The Kier molecular flexibility index (Phi) is 11.1. The first-order valence-electron chi connectivity index (χ1n) is 19.9. The van der Waals surface area contributed by atoms with Gasteiger partial charge in [-0.05, 0) is 59.8 Å². The van der Waals surface area contributed by atoms with Crippen molar-refractivity contribution in [2.45, 2.75) is 117 Å². The number of carbonyl (C=O) groups is 4. The number of nitrogens with zero attached hydrogens (tertiary/aromatic N) is 6. The molecule has 2 saturated heterocycles. The van der Waals surface area contributed by atoms with Crippen molar-refractivity contribution in [2.24, 2.45) is 33.7 Å². The third-order valence-electron chi connectivity index (χ3n) is 12.6. The van der Waals surface area contributed by atoms with E-state index in [9.17, 15) is 24.3 Å². The van der Waals surface area contributed by atoms with E-state index in [1.54, 1.807) is 0 Å². The van der Waals surface area contributed by atoms with Crippen molar-refractivity contribution >= 4 is 35.0 Å². The summed E-state index contributed by atoms with van der Waals surface area (Å²) in [6.07, 6.45) is 9.24. The van der Waals surface area contributed by atoms with Gasteiger partial charge in [0.15, 0.2) is 5.78 Å². The number of aliphatic imine (C=N–C) groups is 2. The SMILES string of the molecule is COC(=O)CC(C(=O)N1CCCC1C1=NC=C(N2Cc3cc4c(cc3C2)CN(C2=CN=C(C3CCCN3C(=O)C(CC(=O)CO)C(C)C)C2)C4)C1)C(C)C. The van der Waals surface area contributed by atoms with Crippen LogP contribution in [0.2, 0.25) is 0 Å². The second-order valence-electron chi connectivity index (χ2n) is 16.7. The zero-order valence-corrected chi connectivity index (χ0v) is 32.6. The molecule has 0 saturated carbocycles. The van der Waals surface area contributed by atoms with Gasteiger partial charge in [-0.25, -0.2) is 0 Å². The molecule has 7 rings (SSSR count). The maximum absolute atomic E-state index is 13.7. The Morgan fingerprint density at radius 2 is 1.15 bits per heavy atom. The summed E-state index contributed by atoms with van der Waals surface area (Å²) in [4.78, 5) is 70.0. The topological polar surface area (TPSA) is 135 Å². The first-order valence-corrected chi connectivity index (χ1v) is 19.9.